The van der Waals surface area contributed by atoms with Gasteiger partial charge in [-0.3, -0.25) is 4.79 Å². The Kier molecular flexibility index (Phi) is 4.74. The van der Waals surface area contributed by atoms with E-state index in [2.05, 4.69) is 0 Å². The first-order valence-corrected chi connectivity index (χ1v) is 6.05. The molecule has 1 amide bonds. The van der Waals surface area contributed by atoms with E-state index in [0.29, 0.717) is 13.0 Å². The molecule has 2 N–H and O–H groups in total. The zero-order valence-electron chi connectivity index (χ0n) is 10.7. The van der Waals surface area contributed by atoms with Crippen LogP contribution in [0.25, 0.3) is 0 Å². The summed E-state index contributed by atoms with van der Waals surface area (Å²) >= 11 is 0. The minimum absolute atomic E-state index is 0.169. The Morgan fingerprint density at radius 2 is 2.19 bits per heavy atom. The van der Waals surface area contributed by atoms with Gasteiger partial charge in [0.15, 0.2) is 0 Å². The molecule has 0 bridgehead atoms. The lowest BCUT2D eigenvalue weighted by Gasteiger charge is -2.37. The Morgan fingerprint density at radius 1 is 1.50 bits per heavy atom. The second kappa shape index (κ2) is 5.64. The van der Waals surface area contributed by atoms with E-state index in [1.807, 2.05) is 18.7 Å². The monoisotopic (exact) mass is 228 g/mol. The SMILES string of the molecule is COC(C)(C)CC(=O)N1CCCCC1CN. The van der Waals surface area contributed by atoms with Gasteiger partial charge in [-0.25, -0.2) is 0 Å². The van der Waals surface area contributed by atoms with Crippen LogP contribution in [0, 0.1) is 0 Å². The van der Waals surface area contributed by atoms with Gasteiger partial charge in [0.05, 0.1) is 12.0 Å². The third-order valence-electron chi connectivity index (χ3n) is 3.35. The highest BCUT2D eigenvalue weighted by Gasteiger charge is 2.29. The number of methoxy groups -OCH3 is 1. The molecule has 0 aliphatic carbocycles. The van der Waals surface area contributed by atoms with E-state index in [9.17, 15) is 4.79 Å². The van der Waals surface area contributed by atoms with Gasteiger partial charge < -0.3 is 15.4 Å². The van der Waals surface area contributed by atoms with E-state index >= 15 is 0 Å². The highest BCUT2D eigenvalue weighted by Crippen LogP contribution is 2.21. The van der Waals surface area contributed by atoms with E-state index in [-0.39, 0.29) is 17.6 Å². The van der Waals surface area contributed by atoms with Crippen molar-refractivity contribution in [1.29, 1.82) is 0 Å². The minimum Gasteiger partial charge on any atom is -0.378 e. The fraction of sp³-hybridized carbons (Fsp3) is 0.917. The summed E-state index contributed by atoms with van der Waals surface area (Å²) in [5.41, 5.74) is 5.32. The predicted octanol–water partition coefficient (Wildman–Crippen LogP) is 1.14. The van der Waals surface area contributed by atoms with Crippen LogP contribution in [0.2, 0.25) is 0 Å². The normalized spacial score (nSPS) is 22.2. The Balaban J connectivity index is 2.57. The van der Waals surface area contributed by atoms with Gasteiger partial charge in [0.1, 0.15) is 0 Å². The summed E-state index contributed by atoms with van der Waals surface area (Å²) < 4.78 is 5.29. The Morgan fingerprint density at radius 3 is 2.75 bits per heavy atom. The number of nitrogens with zero attached hydrogens (tertiary/aromatic N) is 1. The van der Waals surface area contributed by atoms with Crippen molar-refractivity contribution in [3.8, 4) is 0 Å². The number of ether oxygens (including phenoxy) is 1. The zero-order valence-corrected chi connectivity index (χ0v) is 10.7. The maximum absolute atomic E-state index is 12.1. The standard InChI is InChI=1S/C12H24N2O2/c1-12(2,16-3)8-11(15)14-7-5-4-6-10(14)9-13/h10H,4-9,13H2,1-3H3. The van der Waals surface area contributed by atoms with Gasteiger partial charge >= 0.3 is 0 Å². The minimum atomic E-state index is -0.381. The number of amides is 1. The second-order valence-corrected chi connectivity index (χ2v) is 5.11. The van der Waals surface area contributed by atoms with Gasteiger partial charge in [0.2, 0.25) is 5.91 Å². The van der Waals surface area contributed by atoms with Gasteiger partial charge in [-0.2, -0.15) is 0 Å². The number of hydrogen-bond donors (Lipinski definition) is 1. The third-order valence-corrected chi connectivity index (χ3v) is 3.35. The number of likely N-dealkylation sites (tertiary alicyclic amines) is 1. The number of hydrogen-bond acceptors (Lipinski definition) is 3. The molecule has 16 heavy (non-hydrogen) atoms. The zero-order chi connectivity index (χ0) is 12.2. The molecule has 0 aromatic rings. The van der Waals surface area contributed by atoms with Crippen LogP contribution < -0.4 is 5.73 Å². The van der Waals surface area contributed by atoms with Gasteiger partial charge in [-0.15, -0.1) is 0 Å². The van der Waals surface area contributed by atoms with E-state index in [1.165, 1.54) is 6.42 Å². The van der Waals surface area contributed by atoms with E-state index < -0.39 is 0 Å². The molecule has 4 heteroatoms. The van der Waals surface area contributed by atoms with Crippen LogP contribution in [-0.4, -0.2) is 42.6 Å². The summed E-state index contributed by atoms with van der Waals surface area (Å²) in [5.74, 6) is 0.169. The first-order valence-electron chi connectivity index (χ1n) is 6.05. The van der Waals surface area contributed by atoms with E-state index in [4.69, 9.17) is 10.5 Å². The molecule has 1 aliphatic heterocycles. The highest BCUT2D eigenvalue weighted by atomic mass is 16.5. The molecule has 1 rings (SSSR count). The lowest BCUT2D eigenvalue weighted by atomic mass is 9.98. The average Bonchev–Trinajstić information content (AvgIpc) is 2.28. The second-order valence-electron chi connectivity index (χ2n) is 5.11. The van der Waals surface area contributed by atoms with Crippen molar-refractivity contribution in [3.63, 3.8) is 0 Å². The molecule has 1 aliphatic rings. The first-order chi connectivity index (χ1) is 7.50. The number of carbonyl (C=O) groups is 1. The molecule has 0 saturated carbocycles. The molecule has 1 saturated heterocycles. The fourth-order valence-electron chi connectivity index (χ4n) is 2.11. The quantitative estimate of drug-likeness (QED) is 0.785. The van der Waals surface area contributed by atoms with E-state index in [0.717, 1.165) is 19.4 Å². The van der Waals surface area contributed by atoms with Crippen LogP contribution in [0.3, 0.4) is 0 Å². The Hall–Kier alpha value is -0.610. The van der Waals surface area contributed by atoms with Crippen LogP contribution >= 0.6 is 0 Å². The average molecular weight is 228 g/mol. The van der Waals surface area contributed by atoms with Gasteiger partial charge in [-0.1, -0.05) is 0 Å². The molecule has 0 aromatic carbocycles. The molecule has 1 atom stereocenters. The fourth-order valence-corrected chi connectivity index (χ4v) is 2.11. The molecular weight excluding hydrogens is 204 g/mol. The third kappa shape index (κ3) is 3.46. The summed E-state index contributed by atoms with van der Waals surface area (Å²) in [6, 6.07) is 0.230. The summed E-state index contributed by atoms with van der Waals surface area (Å²) in [6.07, 6.45) is 3.74. The molecule has 0 radical (unpaired) electrons. The molecule has 4 nitrogen and oxygen atoms in total. The maximum atomic E-state index is 12.1. The smallest absolute Gasteiger partial charge is 0.225 e. The van der Waals surface area contributed by atoms with Crippen molar-refractivity contribution in [3.05, 3.63) is 0 Å². The van der Waals surface area contributed by atoms with Crippen LogP contribution in [0.1, 0.15) is 39.5 Å². The van der Waals surface area contributed by atoms with Crippen molar-refractivity contribution in [2.24, 2.45) is 5.73 Å². The van der Waals surface area contributed by atoms with Crippen molar-refractivity contribution < 1.29 is 9.53 Å². The molecule has 0 spiro atoms. The van der Waals surface area contributed by atoms with E-state index in [1.54, 1.807) is 7.11 Å². The maximum Gasteiger partial charge on any atom is 0.225 e. The molecule has 1 fully saturated rings. The predicted molar refractivity (Wildman–Crippen MR) is 64.1 cm³/mol. The number of piperidine rings is 1. The summed E-state index contributed by atoms with van der Waals surface area (Å²) in [5, 5.41) is 0. The summed E-state index contributed by atoms with van der Waals surface area (Å²) in [6.45, 7) is 5.29. The lowest BCUT2D eigenvalue weighted by molar-refractivity contribution is -0.139. The summed E-state index contributed by atoms with van der Waals surface area (Å²) in [7, 11) is 1.64. The van der Waals surface area contributed by atoms with Crippen molar-refractivity contribution in [2.45, 2.75) is 51.2 Å². The van der Waals surface area contributed by atoms with Crippen LogP contribution in [-0.2, 0) is 9.53 Å². The molecular formula is C12H24N2O2. The molecule has 1 heterocycles. The van der Waals surface area contributed by atoms with Crippen LogP contribution in [0.5, 0.6) is 0 Å². The number of nitrogens with two attached hydrogens (primary N) is 1. The Labute approximate surface area is 98.1 Å². The number of carbonyl (C=O) groups excluding carboxylic acids is 1. The molecule has 94 valence electrons. The molecule has 0 aromatic heterocycles. The first kappa shape index (κ1) is 13.5. The topological polar surface area (TPSA) is 55.6 Å². The van der Waals surface area contributed by atoms with Crippen molar-refractivity contribution in [1.82, 2.24) is 4.90 Å². The molecule has 1 unspecified atom stereocenters. The summed E-state index contributed by atoms with van der Waals surface area (Å²) in [4.78, 5) is 14.1. The van der Waals surface area contributed by atoms with Crippen molar-refractivity contribution >= 4 is 5.91 Å². The largest absolute Gasteiger partial charge is 0.378 e. The number of rotatable bonds is 4. The Bertz CT molecular complexity index is 241. The van der Waals surface area contributed by atoms with Gasteiger partial charge in [0.25, 0.3) is 0 Å². The van der Waals surface area contributed by atoms with Crippen LogP contribution in [0.15, 0.2) is 0 Å². The van der Waals surface area contributed by atoms with Crippen molar-refractivity contribution in [2.75, 3.05) is 20.2 Å². The van der Waals surface area contributed by atoms with Crippen LogP contribution in [0.4, 0.5) is 0 Å². The lowest BCUT2D eigenvalue weighted by Crippen LogP contribution is -2.49. The van der Waals surface area contributed by atoms with Gasteiger partial charge in [-0.05, 0) is 33.1 Å². The highest BCUT2D eigenvalue weighted by molar-refractivity contribution is 5.77. The van der Waals surface area contributed by atoms with Gasteiger partial charge in [0, 0.05) is 26.2 Å².